The van der Waals surface area contributed by atoms with Crippen LogP contribution in [0, 0.1) is 18.6 Å². The topological polar surface area (TPSA) is 54.0 Å². The average molecular weight is 443 g/mol. The number of aromatic nitrogens is 1. The molecule has 2 N–H and O–H groups in total. The molecule has 0 spiro atoms. The van der Waals surface area contributed by atoms with E-state index in [0.29, 0.717) is 12.1 Å². The van der Waals surface area contributed by atoms with E-state index in [4.69, 9.17) is 0 Å². The molecule has 0 saturated carbocycles. The summed E-state index contributed by atoms with van der Waals surface area (Å²) in [7, 11) is 0. The molecule has 4 rings (SSSR count). The third-order valence-corrected chi connectivity index (χ3v) is 5.58. The fourth-order valence-electron chi connectivity index (χ4n) is 3.87. The van der Waals surface area contributed by atoms with Crippen molar-refractivity contribution in [1.82, 2.24) is 10.3 Å². The zero-order valence-corrected chi connectivity index (χ0v) is 18.1. The van der Waals surface area contributed by atoms with Gasteiger partial charge in [0.25, 0.3) is 0 Å². The molecule has 0 bridgehead atoms. The first-order chi connectivity index (χ1) is 16.0. The second-order valence-electron chi connectivity index (χ2n) is 7.76. The molecule has 4 nitrogen and oxygen atoms in total. The van der Waals surface area contributed by atoms with Gasteiger partial charge in [0.15, 0.2) is 5.82 Å². The fraction of sp³-hybridized carbons (Fsp3) is 0.111. The Morgan fingerprint density at radius 3 is 2.21 bits per heavy atom. The van der Waals surface area contributed by atoms with Gasteiger partial charge in [-0.05, 0) is 42.3 Å². The number of anilines is 1. The molecule has 4 aromatic rings. The number of rotatable bonds is 6. The van der Waals surface area contributed by atoms with Crippen LogP contribution in [0.15, 0.2) is 97.2 Å². The van der Waals surface area contributed by atoms with Crippen molar-refractivity contribution in [1.29, 1.82) is 0 Å². The molecule has 1 aromatic heterocycles. The van der Waals surface area contributed by atoms with Crippen LogP contribution in [-0.4, -0.2) is 11.0 Å². The van der Waals surface area contributed by atoms with Gasteiger partial charge >= 0.3 is 6.03 Å². The van der Waals surface area contributed by atoms with E-state index in [2.05, 4.69) is 15.6 Å². The van der Waals surface area contributed by atoms with Gasteiger partial charge in [0.2, 0.25) is 0 Å². The van der Waals surface area contributed by atoms with Gasteiger partial charge in [-0.1, -0.05) is 66.7 Å². The highest BCUT2D eigenvalue weighted by Gasteiger charge is 2.37. The highest BCUT2D eigenvalue weighted by molar-refractivity contribution is 5.90. The number of nitrogens with one attached hydrogen (secondary N) is 2. The number of amides is 2. The van der Waals surface area contributed by atoms with E-state index in [9.17, 15) is 13.6 Å². The monoisotopic (exact) mass is 443 g/mol. The lowest BCUT2D eigenvalue weighted by Gasteiger charge is -2.35. The summed E-state index contributed by atoms with van der Waals surface area (Å²) >= 11 is 0. The van der Waals surface area contributed by atoms with Crippen LogP contribution >= 0.6 is 0 Å². The Hall–Kier alpha value is -4.06. The molecule has 1 heterocycles. The number of carbonyl (C=O) groups is 1. The molecule has 166 valence electrons. The molecule has 0 saturated heterocycles. The Balaban J connectivity index is 1.78. The maximum atomic E-state index is 14.6. The van der Waals surface area contributed by atoms with E-state index in [1.165, 1.54) is 13.0 Å². The summed E-state index contributed by atoms with van der Waals surface area (Å²) in [5, 5.41) is 5.59. The van der Waals surface area contributed by atoms with Crippen LogP contribution in [0.4, 0.5) is 19.3 Å². The van der Waals surface area contributed by atoms with E-state index >= 15 is 0 Å². The third kappa shape index (κ3) is 4.75. The first-order valence-electron chi connectivity index (χ1n) is 10.5. The van der Waals surface area contributed by atoms with Gasteiger partial charge in [-0.3, -0.25) is 4.98 Å². The zero-order chi connectivity index (χ0) is 23.3. The van der Waals surface area contributed by atoms with Crippen LogP contribution in [0.1, 0.15) is 22.4 Å². The molecule has 0 fully saturated rings. The van der Waals surface area contributed by atoms with Gasteiger partial charge in [-0.15, -0.1) is 0 Å². The van der Waals surface area contributed by atoms with Gasteiger partial charge in [-0.2, -0.15) is 0 Å². The van der Waals surface area contributed by atoms with Crippen molar-refractivity contribution in [3.63, 3.8) is 0 Å². The number of urea groups is 1. The number of hydrogen-bond donors (Lipinski definition) is 2. The fourth-order valence-corrected chi connectivity index (χ4v) is 3.87. The lowest BCUT2D eigenvalue weighted by atomic mass is 9.80. The second-order valence-corrected chi connectivity index (χ2v) is 7.76. The molecule has 3 aromatic carbocycles. The van der Waals surface area contributed by atoms with Gasteiger partial charge in [0.05, 0.1) is 11.4 Å². The van der Waals surface area contributed by atoms with E-state index in [0.717, 1.165) is 17.2 Å². The quantitative estimate of drug-likeness (QED) is 0.385. The minimum Gasteiger partial charge on any atom is -0.322 e. The van der Waals surface area contributed by atoms with Crippen molar-refractivity contribution in [3.05, 3.63) is 131 Å². The molecule has 0 aliphatic carbocycles. The molecule has 1 atom stereocenters. The van der Waals surface area contributed by atoms with E-state index in [1.54, 1.807) is 12.3 Å². The summed E-state index contributed by atoms with van der Waals surface area (Å²) in [5.41, 5.74) is 1.13. The molecule has 0 radical (unpaired) electrons. The Bertz CT molecular complexity index is 1190. The molecule has 0 aliphatic heterocycles. The Kier molecular flexibility index (Phi) is 6.45. The smallest absolute Gasteiger partial charge is 0.320 e. The number of nitrogens with zero attached hydrogens (tertiary/aromatic N) is 1. The summed E-state index contributed by atoms with van der Waals surface area (Å²) in [6, 6.07) is 26.5. The lowest BCUT2D eigenvalue weighted by molar-refractivity contribution is 0.241. The first kappa shape index (κ1) is 22.1. The summed E-state index contributed by atoms with van der Waals surface area (Å²) < 4.78 is 28.2. The molecule has 6 heteroatoms. The largest absolute Gasteiger partial charge is 0.322 e. The molecular weight excluding hydrogens is 420 g/mol. The Morgan fingerprint density at radius 2 is 1.55 bits per heavy atom. The van der Waals surface area contributed by atoms with E-state index in [-0.39, 0.29) is 11.3 Å². The molecule has 33 heavy (non-hydrogen) atoms. The molecule has 2 amide bonds. The van der Waals surface area contributed by atoms with Crippen molar-refractivity contribution in [2.24, 2.45) is 0 Å². The van der Waals surface area contributed by atoms with E-state index < -0.39 is 23.2 Å². The summed E-state index contributed by atoms with van der Waals surface area (Å²) in [4.78, 5) is 17.8. The third-order valence-electron chi connectivity index (χ3n) is 5.58. The maximum absolute atomic E-state index is 14.6. The van der Waals surface area contributed by atoms with Crippen molar-refractivity contribution in [2.45, 2.75) is 18.9 Å². The standard InChI is InChI=1S/C27H23F2N3O/c1-19-22(28)15-16-23(25(19)29)31-26(33)32-27(21-12-6-3-7-13-21,24-14-8-9-17-30-24)18-20-10-4-2-5-11-20/h2-17H,18H2,1H3,(H2,31,32,33). The van der Waals surface area contributed by atoms with E-state index in [1.807, 2.05) is 72.8 Å². The Morgan fingerprint density at radius 1 is 0.879 bits per heavy atom. The van der Waals surface area contributed by atoms with Crippen LogP contribution in [-0.2, 0) is 12.0 Å². The number of halogens is 2. The van der Waals surface area contributed by atoms with Gasteiger partial charge in [0, 0.05) is 18.2 Å². The number of carbonyl (C=O) groups excluding carboxylic acids is 1. The minimum absolute atomic E-state index is 0.103. The SMILES string of the molecule is Cc1c(F)ccc(NC(=O)NC(Cc2ccccc2)(c2ccccc2)c2ccccn2)c1F. The predicted molar refractivity (Wildman–Crippen MR) is 125 cm³/mol. The second kappa shape index (κ2) is 9.61. The molecule has 0 aliphatic rings. The Labute approximate surface area is 191 Å². The lowest BCUT2D eigenvalue weighted by Crippen LogP contribution is -2.50. The maximum Gasteiger partial charge on any atom is 0.320 e. The summed E-state index contributed by atoms with van der Waals surface area (Å²) in [6.07, 6.45) is 2.08. The highest BCUT2D eigenvalue weighted by Crippen LogP contribution is 2.33. The van der Waals surface area contributed by atoms with Crippen molar-refractivity contribution in [2.75, 3.05) is 5.32 Å². The van der Waals surface area contributed by atoms with Crippen LogP contribution in [0.5, 0.6) is 0 Å². The van der Waals surface area contributed by atoms with Crippen LogP contribution in [0.3, 0.4) is 0 Å². The summed E-state index contributed by atoms with van der Waals surface area (Å²) in [5.74, 6) is -1.48. The predicted octanol–water partition coefficient (Wildman–Crippen LogP) is 5.98. The molecule has 1 unspecified atom stereocenters. The van der Waals surface area contributed by atoms with Crippen LogP contribution in [0.25, 0.3) is 0 Å². The highest BCUT2D eigenvalue weighted by atomic mass is 19.1. The molecular formula is C27H23F2N3O. The van der Waals surface area contributed by atoms with Crippen molar-refractivity contribution in [3.8, 4) is 0 Å². The minimum atomic E-state index is -1.04. The van der Waals surface area contributed by atoms with Crippen molar-refractivity contribution >= 4 is 11.7 Å². The first-order valence-corrected chi connectivity index (χ1v) is 10.5. The van der Waals surface area contributed by atoms with Gasteiger partial charge in [-0.25, -0.2) is 13.6 Å². The number of benzene rings is 3. The van der Waals surface area contributed by atoms with Gasteiger partial charge < -0.3 is 10.6 Å². The number of pyridine rings is 1. The number of hydrogen-bond acceptors (Lipinski definition) is 2. The average Bonchev–Trinajstić information content (AvgIpc) is 2.86. The normalized spacial score (nSPS) is 12.6. The van der Waals surface area contributed by atoms with Gasteiger partial charge in [0.1, 0.15) is 11.4 Å². The zero-order valence-electron chi connectivity index (χ0n) is 18.1. The van der Waals surface area contributed by atoms with Crippen molar-refractivity contribution < 1.29 is 13.6 Å². The summed E-state index contributed by atoms with van der Waals surface area (Å²) in [6.45, 7) is 1.32. The van der Waals surface area contributed by atoms with Crippen LogP contribution < -0.4 is 10.6 Å². The van der Waals surface area contributed by atoms with Crippen LogP contribution in [0.2, 0.25) is 0 Å².